The van der Waals surface area contributed by atoms with E-state index < -0.39 is 5.41 Å². The molecule has 0 aliphatic carbocycles. The summed E-state index contributed by atoms with van der Waals surface area (Å²) >= 11 is 1.53. The van der Waals surface area contributed by atoms with E-state index in [1.54, 1.807) is 24.5 Å². The molecule has 8 aromatic rings. The van der Waals surface area contributed by atoms with Gasteiger partial charge in [0.25, 0.3) is 0 Å². The van der Waals surface area contributed by atoms with Crippen molar-refractivity contribution in [1.29, 1.82) is 0 Å². The minimum Gasteiger partial charge on any atom is -0.381 e. The van der Waals surface area contributed by atoms with Gasteiger partial charge in [0.2, 0.25) is 5.91 Å². The Labute approximate surface area is 345 Å². The quantitative estimate of drug-likeness (QED) is 0.112. The predicted octanol–water partition coefficient (Wildman–Crippen LogP) is 9.55. The van der Waals surface area contributed by atoms with E-state index in [4.69, 9.17) is 10.5 Å². The number of halogens is 1. The minimum absolute atomic E-state index is 0.252. The van der Waals surface area contributed by atoms with Crippen LogP contribution in [0, 0.1) is 19.7 Å². The fourth-order valence-corrected chi connectivity index (χ4v) is 6.45. The number of aryl methyl sites for hydroxylation is 3. The summed E-state index contributed by atoms with van der Waals surface area (Å²) in [5.74, 6) is 1.39. The maximum Gasteiger partial charge on any atom is 0.228 e. The van der Waals surface area contributed by atoms with Crippen molar-refractivity contribution in [1.82, 2.24) is 35.2 Å². The monoisotopic (exact) mass is 806 g/mol. The van der Waals surface area contributed by atoms with Crippen molar-refractivity contribution in [3.05, 3.63) is 157 Å². The largest absolute Gasteiger partial charge is 0.381 e. The molecule has 306 valence electrons. The van der Waals surface area contributed by atoms with Crippen LogP contribution in [0.1, 0.15) is 57.7 Å². The van der Waals surface area contributed by atoms with Gasteiger partial charge in [-0.1, -0.05) is 81.9 Å². The first kappa shape index (κ1) is 46.3. The van der Waals surface area contributed by atoms with E-state index >= 15 is 0 Å². The number of carbonyl (C=O) groups is 1. The van der Waals surface area contributed by atoms with Crippen LogP contribution < -0.4 is 10.4 Å². The lowest BCUT2D eigenvalue weighted by molar-refractivity contribution is -0.726. The molecule has 11 nitrogen and oxygen atoms in total. The number of benzene rings is 4. The second-order valence-electron chi connectivity index (χ2n) is 12.4. The summed E-state index contributed by atoms with van der Waals surface area (Å²) < 4.78 is 20.3. The van der Waals surface area contributed by atoms with Crippen molar-refractivity contribution < 1.29 is 18.6 Å². The lowest BCUT2D eigenvalue weighted by Crippen LogP contribution is -2.45. The van der Waals surface area contributed by atoms with E-state index in [1.807, 2.05) is 151 Å². The molecule has 6 N–H and O–H groups in total. The van der Waals surface area contributed by atoms with Crippen LogP contribution in [0.2, 0.25) is 0 Å². The topological polar surface area (TPSA) is 158 Å². The fourth-order valence-electron chi connectivity index (χ4n) is 5.58. The number of nitrogens with one attached hydrogen (secondary N) is 4. The second-order valence-corrected chi connectivity index (χ2v) is 13.5. The fraction of sp³-hybridized carbons (Fsp3) is 0.267. The number of amides is 1. The second kappa shape index (κ2) is 25.3. The van der Waals surface area contributed by atoms with Gasteiger partial charge in [-0.2, -0.15) is 10.2 Å². The first-order valence-electron chi connectivity index (χ1n) is 19.4. The van der Waals surface area contributed by atoms with Crippen LogP contribution in [0.15, 0.2) is 144 Å². The number of imidazole rings is 2. The van der Waals surface area contributed by atoms with Gasteiger partial charge in [0.1, 0.15) is 17.5 Å². The zero-order chi connectivity index (χ0) is 42.2. The average molecular weight is 807 g/mol. The van der Waals surface area contributed by atoms with Crippen LogP contribution in [-0.2, 0) is 22.0 Å². The Hall–Kier alpha value is -6.05. The summed E-state index contributed by atoms with van der Waals surface area (Å²) in [4.78, 5) is 28.2. The van der Waals surface area contributed by atoms with Gasteiger partial charge in [-0.25, -0.2) is 14.4 Å². The van der Waals surface area contributed by atoms with Crippen molar-refractivity contribution in [3.63, 3.8) is 0 Å². The number of nitrogens with zero attached hydrogens (tertiary/aromatic N) is 4. The molecule has 0 unspecified atom stereocenters. The third-order valence-corrected chi connectivity index (χ3v) is 9.43. The van der Waals surface area contributed by atoms with E-state index in [0.717, 1.165) is 48.9 Å². The predicted molar refractivity (Wildman–Crippen MR) is 233 cm³/mol. The summed E-state index contributed by atoms with van der Waals surface area (Å²) in [5, 5.41) is 10.8. The molecule has 1 aliphatic heterocycles. The molecular weight excluding hydrogens is 750 g/mol. The average Bonchev–Trinajstić information content (AvgIpc) is 4.11. The summed E-state index contributed by atoms with van der Waals surface area (Å²) in [7, 11) is 1.94. The number of hydrogen-bond donors (Lipinski definition) is 5. The van der Waals surface area contributed by atoms with Crippen LogP contribution in [0.5, 0.6) is 0 Å². The molecule has 58 heavy (non-hydrogen) atoms. The Balaban J connectivity index is 0.000000212. The normalized spacial score (nSPS) is 12.1. The van der Waals surface area contributed by atoms with Crippen LogP contribution in [-0.4, -0.2) is 54.4 Å². The lowest BCUT2D eigenvalue weighted by atomic mass is 9.73. The molecule has 13 heteroatoms. The summed E-state index contributed by atoms with van der Waals surface area (Å²) in [6.45, 7) is 13.0. The number of H-pyrrole nitrogens is 4. The first-order valence-corrected chi connectivity index (χ1v) is 20.2. The molecule has 9 rings (SSSR count). The number of ether oxygens (including phenoxy) is 1. The minimum atomic E-state index is -0.655. The van der Waals surface area contributed by atoms with Gasteiger partial charge >= 0.3 is 0 Å². The molecule has 1 amide bonds. The molecule has 0 radical (unpaired) electrons. The van der Waals surface area contributed by atoms with Crippen molar-refractivity contribution in [2.24, 2.45) is 12.8 Å². The zero-order valence-electron chi connectivity index (χ0n) is 34.5. The van der Waals surface area contributed by atoms with Crippen LogP contribution in [0.25, 0.3) is 21.9 Å². The highest BCUT2D eigenvalue weighted by atomic mass is 32.2. The lowest BCUT2D eigenvalue weighted by Gasteiger charge is -2.34. The summed E-state index contributed by atoms with van der Waals surface area (Å²) in [5.41, 5.74) is 9.23. The van der Waals surface area contributed by atoms with Crippen molar-refractivity contribution in [2.45, 2.75) is 69.6 Å². The van der Waals surface area contributed by atoms with Gasteiger partial charge in [-0.05, 0) is 86.8 Å². The highest BCUT2D eigenvalue weighted by molar-refractivity contribution is 7.99. The molecule has 1 fully saturated rings. The molecular formula is C45H57FN9O2S+. The number of fused-ring (bicyclic) bond motifs is 2. The summed E-state index contributed by atoms with van der Waals surface area (Å²) in [6.07, 6.45) is 10.4. The van der Waals surface area contributed by atoms with E-state index in [2.05, 4.69) is 35.2 Å². The van der Waals surface area contributed by atoms with Gasteiger partial charge in [-0.3, -0.25) is 9.89 Å². The smallest absolute Gasteiger partial charge is 0.228 e. The number of hydrogen-bond acceptors (Lipinski definition) is 6. The Morgan fingerprint density at radius 1 is 0.828 bits per heavy atom. The maximum absolute atomic E-state index is 13.0. The third-order valence-electron chi connectivity index (χ3n) is 8.43. The summed E-state index contributed by atoms with van der Waals surface area (Å²) in [6, 6.07) is 32.2. The Kier molecular flexibility index (Phi) is 20.2. The number of nitrogens with two attached hydrogens (primary N) is 1. The Morgan fingerprint density at radius 3 is 2.07 bits per heavy atom. The number of rotatable bonds is 4. The molecule has 4 aromatic carbocycles. The number of aromatic amines is 4. The molecule has 0 atom stereocenters. The first-order chi connectivity index (χ1) is 28.2. The number of carbonyl (C=O) groups excluding carboxylic acids is 1. The molecule has 5 heterocycles. The van der Waals surface area contributed by atoms with Gasteiger partial charge in [0.15, 0.2) is 13.2 Å². The van der Waals surface area contributed by atoms with E-state index in [0.29, 0.717) is 26.1 Å². The highest BCUT2D eigenvalue weighted by Gasteiger charge is 2.40. The molecule has 4 aromatic heterocycles. The van der Waals surface area contributed by atoms with Gasteiger partial charge in [0.05, 0.1) is 34.4 Å². The Bertz CT molecular complexity index is 2190. The zero-order valence-corrected chi connectivity index (χ0v) is 35.3. The van der Waals surface area contributed by atoms with E-state index in [-0.39, 0.29) is 11.7 Å². The standard InChI is InChI=1S/C18H18FNO2S.C8H8N2.C7H6N2.2C4H6N2.2C2H6/c19-14-4-6-15(7-5-14)23-16-3-1-2-13(12-16)18(17(20)21)8-10-22-11-9-18;1-6-9-7-4-2-3-5-8(7)10-6;1-2-4-7-6(3-1)5-8-9-7;1-6-4-2-3-5-6;1-4-5-2-3-6-4;2*1-2/h1-7,12H,8-11H2,(H2,20,21);2-5H,1H3,(H,9,10);1-5H,(H,8,9);2-4H,1H3;2-3H,1H3,(H,5,6);2*1-2H3/p+1. The number of aromatic nitrogens is 8. The molecule has 0 spiro atoms. The molecule has 0 saturated carbocycles. The van der Waals surface area contributed by atoms with E-state index in [1.165, 1.54) is 23.9 Å². The van der Waals surface area contributed by atoms with Gasteiger partial charge < -0.3 is 20.4 Å². The van der Waals surface area contributed by atoms with Crippen molar-refractivity contribution >= 4 is 39.6 Å². The number of para-hydroxylation sites is 3. The molecule has 1 aliphatic rings. The van der Waals surface area contributed by atoms with Gasteiger partial charge in [-0.15, -0.1) is 4.68 Å². The maximum atomic E-state index is 13.0. The van der Waals surface area contributed by atoms with Crippen molar-refractivity contribution in [2.75, 3.05) is 13.2 Å². The third kappa shape index (κ3) is 14.8. The Morgan fingerprint density at radius 2 is 1.52 bits per heavy atom. The van der Waals surface area contributed by atoms with Crippen LogP contribution in [0.4, 0.5) is 4.39 Å². The number of primary amides is 1. The molecule has 1 saturated heterocycles. The van der Waals surface area contributed by atoms with Crippen LogP contribution >= 0.6 is 11.8 Å². The van der Waals surface area contributed by atoms with Crippen LogP contribution in [0.3, 0.4) is 0 Å². The SMILES string of the molecule is CC.CC.C[n+]1ccc[nH]1.Cc1nc2ccccc2[nH]1.Cc1ncc[nH]1.NC(=O)C1(c2cccc(Sc3ccc(F)cc3)c2)CCOCC1.c1ccc2[nH]ncc2c1. The van der Waals surface area contributed by atoms with Crippen molar-refractivity contribution in [3.8, 4) is 0 Å². The van der Waals surface area contributed by atoms with E-state index in [9.17, 15) is 9.18 Å². The van der Waals surface area contributed by atoms with Gasteiger partial charge in [0, 0.05) is 46.9 Å². The highest BCUT2D eigenvalue weighted by Crippen LogP contribution is 2.37. The molecule has 0 bridgehead atoms.